The molecule has 1 saturated heterocycles. The van der Waals surface area contributed by atoms with Gasteiger partial charge in [-0.1, -0.05) is 20.8 Å². The van der Waals surface area contributed by atoms with Crippen LogP contribution in [0.4, 0.5) is 5.95 Å². The van der Waals surface area contributed by atoms with Crippen LogP contribution in [0.1, 0.15) is 44.9 Å². The van der Waals surface area contributed by atoms with E-state index < -0.39 is 5.41 Å². The number of H-pyrrole nitrogens is 1. The lowest BCUT2D eigenvalue weighted by Crippen LogP contribution is -2.44. The molecule has 0 radical (unpaired) electrons. The first-order valence-electron chi connectivity index (χ1n) is 8.02. The Morgan fingerprint density at radius 1 is 1.18 bits per heavy atom. The molecule has 0 atom stereocenters. The van der Waals surface area contributed by atoms with Gasteiger partial charge in [-0.05, 0) is 19.3 Å². The number of fused-ring (bicyclic) bond motifs is 1. The summed E-state index contributed by atoms with van der Waals surface area (Å²) in [6.07, 6.45) is 2.85. The van der Waals surface area contributed by atoms with Crippen LogP contribution >= 0.6 is 0 Å². The number of carbonyl (C=O) groups is 1. The van der Waals surface area contributed by atoms with Gasteiger partial charge in [0, 0.05) is 30.6 Å². The molecular weight excluding hydrogens is 280 g/mol. The minimum absolute atomic E-state index is 0.0465. The van der Waals surface area contributed by atoms with Crippen LogP contribution < -0.4 is 10.5 Å². The second-order valence-corrected chi connectivity index (χ2v) is 7.24. The standard InChI is InChI=1S/C16H24N4O2/c1-16(2,3)14(22)20-9-6-11-12(10-20)17-15(18-13(11)21)19-7-4-5-8-19/h4-10H2,1-3H3,(H,17,18,21). The zero-order valence-electron chi connectivity index (χ0n) is 13.6. The molecule has 3 heterocycles. The Kier molecular flexibility index (Phi) is 3.70. The van der Waals surface area contributed by atoms with Crippen molar-refractivity contribution in [2.75, 3.05) is 24.5 Å². The van der Waals surface area contributed by atoms with E-state index >= 15 is 0 Å². The van der Waals surface area contributed by atoms with Gasteiger partial charge in [0.25, 0.3) is 5.56 Å². The van der Waals surface area contributed by atoms with Gasteiger partial charge in [-0.15, -0.1) is 0 Å². The molecule has 1 fully saturated rings. The maximum absolute atomic E-state index is 12.5. The number of anilines is 1. The van der Waals surface area contributed by atoms with Crippen molar-refractivity contribution < 1.29 is 4.79 Å². The summed E-state index contributed by atoms with van der Waals surface area (Å²) in [5.41, 5.74) is 1.04. The fraction of sp³-hybridized carbons (Fsp3) is 0.688. The van der Waals surface area contributed by atoms with Gasteiger partial charge in [-0.3, -0.25) is 14.6 Å². The number of rotatable bonds is 1. The Balaban J connectivity index is 1.89. The summed E-state index contributed by atoms with van der Waals surface area (Å²) in [4.78, 5) is 36.2. The molecule has 2 aliphatic heterocycles. The molecule has 0 aliphatic carbocycles. The van der Waals surface area contributed by atoms with Gasteiger partial charge in [0.2, 0.25) is 11.9 Å². The summed E-state index contributed by atoms with van der Waals surface area (Å²) in [7, 11) is 0. The molecule has 0 spiro atoms. The van der Waals surface area contributed by atoms with Crippen molar-refractivity contribution >= 4 is 11.9 Å². The molecule has 0 saturated carbocycles. The van der Waals surface area contributed by atoms with Gasteiger partial charge in [-0.2, -0.15) is 0 Å². The van der Waals surface area contributed by atoms with Crippen LogP contribution in [0, 0.1) is 5.41 Å². The van der Waals surface area contributed by atoms with Crippen molar-refractivity contribution in [3.63, 3.8) is 0 Å². The SMILES string of the molecule is CC(C)(C)C(=O)N1CCc2c(nc(N3CCCC3)[nH]c2=O)C1. The van der Waals surface area contributed by atoms with Gasteiger partial charge in [0.15, 0.2) is 0 Å². The minimum Gasteiger partial charge on any atom is -0.342 e. The highest BCUT2D eigenvalue weighted by molar-refractivity contribution is 5.81. The van der Waals surface area contributed by atoms with E-state index in [4.69, 9.17) is 0 Å². The zero-order chi connectivity index (χ0) is 15.9. The molecule has 0 bridgehead atoms. The Morgan fingerprint density at radius 3 is 2.50 bits per heavy atom. The van der Waals surface area contributed by atoms with E-state index in [2.05, 4.69) is 14.9 Å². The lowest BCUT2D eigenvalue weighted by molar-refractivity contribution is -0.140. The summed E-state index contributed by atoms with van der Waals surface area (Å²) in [6, 6.07) is 0. The molecule has 1 aromatic heterocycles. The van der Waals surface area contributed by atoms with Crippen molar-refractivity contribution in [2.45, 2.75) is 46.6 Å². The molecule has 1 N–H and O–H groups in total. The second kappa shape index (κ2) is 5.41. The van der Waals surface area contributed by atoms with E-state index in [1.54, 1.807) is 0 Å². The lowest BCUT2D eigenvalue weighted by Gasteiger charge is -2.33. The molecule has 22 heavy (non-hydrogen) atoms. The highest BCUT2D eigenvalue weighted by Crippen LogP contribution is 2.23. The number of aromatic amines is 1. The summed E-state index contributed by atoms with van der Waals surface area (Å²) in [5.74, 6) is 0.772. The number of aromatic nitrogens is 2. The Hall–Kier alpha value is -1.85. The van der Waals surface area contributed by atoms with Crippen LogP contribution in [0.3, 0.4) is 0 Å². The van der Waals surface area contributed by atoms with E-state index in [1.807, 2.05) is 25.7 Å². The quantitative estimate of drug-likeness (QED) is 0.849. The minimum atomic E-state index is -0.406. The van der Waals surface area contributed by atoms with Crippen molar-refractivity contribution in [1.29, 1.82) is 0 Å². The first-order chi connectivity index (χ1) is 10.4. The highest BCUT2D eigenvalue weighted by atomic mass is 16.2. The van der Waals surface area contributed by atoms with E-state index in [-0.39, 0.29) is 11.5 Å². The highest BCUT2D eigenvalue weighted by Gasteiger charge is 2.31. The fourth-order valence-electron chi connectivity index (χ4n) is 3.15. The number of nitrogens with zero attached hydrogens (tertiary/aromatic N) is 3. The first kappa shape index (κ1) is 15.1. The van der Waals surface area contributed by atoms with Gasteiger partial charge in [-0.25, -0.2) is 4.98 Å². The maximum atomic E-state index is 12.5. The molecule has 1 amide bonds. The molecule has 6 nitrogen and oxygen atoms in total. The van der Waals surface area contributed by atoms with Gasteiger partial charge in [0.1, 0.15) is 0 Å². The number of hydrogen-bond acceptors (Lipinski definition) is 4. The zero-order valence-corrected chi connectivity index (χ0v) is 13.6. The fourth-order valence-corrected chi connectivity index (χ4v) is 3.15. The van der Waals surface area contributed by atoms with Crippen molar-refractivity contribution in [3.8, 4) is 0 Å². The first-order valence-corrected chi connectivity index (χ1v) is 8.02. The van der Waals surface area contributed by atoms with Crippen LogP contribution in [0.15, 0.2) is 4.79 Å². The van der Waals surface area contributed by atoms with Gasteiger partial charge < -0.3 is 9.80 Å². The van der Waals surface area contributed by atoms with E-state index in [0.29, 0.717) is 25.5 Å². The average Bonchev–Trinajstić information content (AvgIpc) is 2.99. The van der Waals surface area contributed by atoms with Crippen molar-refractivity contribution in [2.24, 2.45) is 5.41 Å². The molecule has 1 aromatic rings. The molecule has 0 unspecified atom stereocenters. The number of amides is 1. The summed E-state index contributed by atoms with van der Waals surface area (Å²) >= 11 is 0. The van der Waals surface area contributed by atoms with Crippen molar-refractivity contribution in [3.05, 3.63) is 21.6 Å². The monoisotopic (exact) mass is 304 g/mol. The molecule has 120 valence electrons. The van der Waals surface area contributed by atoms with Gasteiger partial charge >= 0.3 is 0 Å². The van der Waals surface area contributed by atoms with Crippen LogP contribution in [-0.4, -0.2) is 40.4 Å². The van der Waals surface area contributed by atoms with Crippen LogP contribution in [0.25, 0.3) is 0 Å². The maximum Gasteiger partial charge on any atom is 0.255 e. The third-order valence-electron chi connectivity index (χ3n) is 4.40. The third-order valence-corrected chi connectivity index (χ3v) is 4.40. The van der Waals surface area contributed by atoms with Crippen LogP contribution in [0.5, 0.6) is 0 Å². The van der Waals surface area contributed by atoms with E-state index in [1.165, 1.54) is 0 Å². The summed E-state index contributed by atoms with van der Waals surface area (Å²) < 4.78 is 0. The third kappa shape index (κ3) is 2.74. The Morgan fingerprint density at radius 2 is 1.86 bits per heavy atom. The summed E-state index contributed by atoms with van der Waals surface area (Å²) in [5, 5.41) is 0. The molecular formula is C16H24N4O2. The van der Waals surface area contributed by atoms with Crippen LogP contribution in [0.2, 0.25) is 0 Å². The Labute approximate surface area is 130 Å². The number of nitrogens with one attached hydrogen (secondary N) is 1. The second-order valence-electron chi connectivity index (χ2n) is 7.24. The smallest absolute Gasteiger partial charge is 0.255 e. The lowest BCUT2D eigenvalue weighted by atomic mass is 9.93. The molecule has 6 heteroatoms. The largest absolute Gasteiger partial charge is 0.342 e. The molecule has 3 rings (SSSR count). The molecule has 0 aromatic carbocycles. The predicted octanol–water partition coefficient (Wildman–Crippen LogP) is 1.30. The topological polar surface area (TPSA) is 69.3 Å². The normalized spacial score (nSPS) is 18.5. The van der Waals surface area contributed by atoms with E-state index in [0.717, 1.165) is 37.2 Å². The average molecular weight is 304 g/mol. The summed E-state index contributed by atoms with van der Waals surface area (Å²) in [6.45, 7) is 8.68. The Bertz CT molecular complexity index is 639. The number of hydrogen-bond donors (Lipinski definition) is 1. The van der Waals surface area contributed by atoms with Crippen LogP contribution in [-0.2, 0) is 17.8 Å². The van der Waals surface area contributed by atoms with E-state index in [9.17, 15) is 9.59 Å². The van der Waals surface area contributed by atoms with Gasteiger partial charge in [0.05, 0.1) is 12.2 Å². The predicted molar refractivity (Wildman–Crippen MR) is 84.9 cm³/mol. The molecule has 2 aliphatic rings. The number of carbonyl (C=O) groups excluding carboxylic acids is 1. The van der Waals surface area contributed by atoms with Crippen molar-refractivity contribution in [1.82, 2.24) is 14.9 Å².